The lowest BCUT2D eigenvalue weighted by Gasteiger charge is -2.36. The van der Waals surface area contributed by atoms with Gasteiger partial charge in [0.05, 0.1) is 6.61 Å². The van der Waals surface area contributed by atoms with Crippen LogP contribution in [0.25, 0.3) is 0 Å². The molecule has 1 saturated carbocycles. The van der Waals surface area contributed by atoms with E-state index in [2.05, 4.69) is 37.9 Å². The van der Waals surface area contributed by atoms with Crippen LogP contribution in [0.2, 0.25) is 0 Å². The zero-order chi connectivity index (χ0) is 15.0. The summed E-state index contributed by atoms with van der Waals surface area (Å²) >= 11 is 0. The minimum Gasteiger partial charge on any atom is -0.394 e. The van der Waals surface area contributed by atoms with Crippen LogP contribution in [-0.2, 0) is 0 Å². The number of nitrogens with zero attached hydrogens (tertiary/aromatic N) is 1. The van der Waals surface area contributed by atoms with Gasteiger partial charge in [0.25, 0.3) is 0 Å². The first-order valence-electron chi connectivity index (χ1n) is 8.66. The van der Waals surface area contributed by atoms with E-state index in [1.807, 2.05) is 0 Å². The van der Waals surface area contributed by atoms with Crippen molar-refractivity contribution in [2.75, 3.05) is 26.2 Å². The fraction of sp³-hybridized carbons (Fsp3) is 1.00. The van der Waals surface area contributed by atoms with Crippen molar-refractivity contribution in [1.82, 2.24) is 10.2 Å². The van der Waals surface area contributed by atoms with Gasteiger partial charge in [0.2, 0.25) is 0 Å². The molecular formula is C17H36N2O. The van der Waals surface area contributed by atoms with Crippen LogP contribution >= 0.6 is 0 Å². The third-order valence-corrected chi connectivity index (χ3v) is 4.89. The van der Waals surface area contributed by atoms with Crippen molar-refractivity contribution >= 4 is 0 Å². The average molecular weight is 284 g/mol. The fourth-order valence-corrected chi connectivity index (χ4v) is 3.26. The summed E-state index contributed by atoms with van der Waals surface area (Å²) in [5.74, 6) is 0.956. The van der Waals surface area contributed by atoms with E-state index < -0.39 is 0 Å². The molecule has 20 heavy (non-hydrogen) atoms. The van der Waals surface area contributed by atoms with Crippen molar-refractivity contribution in [3.05, 3.63) is 0 Å². The molecule has 3 nitrogen and oxygen atoms in total. The van der Waals surface area contributed by atoms with Crippen molar-refractivity contribution in [2.45, 2.75) is 77.8 Å². The second kappa shape index (κ2) is 9.01. The number of nitrogens with one attached hydrogen (secondary N) is 1. The van der Waals surface area contributed by atoms with Gasteiger partial charge in [-0.2, -0.15) is 0 Å². The molecule has 1 atom stereocenters. The van der Waals surface area contributed by atoms with Gasteiger partial charge in [0.1, 0.15) is 0 Å². The van der Waals surface area contributed by atoms with Crippen LogP contribution in [0.3, 0.4) is 0 Å². The summed E-state index contributed by atoms with van der Waals surface area (Å²) in [7, 11) is 0. The molecule has 0 heterocycles. The second-order valence-corrected chi connectivity index (χ2v) is 6.88. The molecule has 0 radical (unpaired) electrons. The predicted molar refractivity (Wildman–Crippen MR) is 87.1 cm³/mol. The lowest BCUT2D eigenvalue weighted by Crippen LogP contribution is -2.51. The number of rotatable bonds is 11. The average Bonchev–Trinajstić information content (AvgIpc) is 2.38. The van der Waals surface area contributed by atoms with Gasteiger partial charge in [0, 0.05) is 18.1 Å². The Morgan fingerprint density at radius 1 is 1.30 bits per heavy atom. The third kappa shape index (κ3) is 5.71. The standard InChI is InChI=1S/C17H36N2O/c1-5-17(14-20,18-15(3)4)11-8-12-19(6-2)13-16-9-7-10-16/h15-16,18,20H,5-14H2,1-4H3. The van der Waals surface area contributed by atoms with Crippen molar-refractivity contribution in [2.24, 2.45) is 5.92 Å². The Hall–Kier alpha value is -0.120. The summed E-state index contributed by atoms with van der Waals surface area (Å²) < 4.78 is 0. The Kier molecular flexibility index (Phi) is 8.08. The minimum absolute atomic E-state index is 0.0793. The first kappa shape index (κ1) is 17.9. The lowest BCUT2D eigenvalue weighted by atomic mass is 9.85. The number of aliphatic hydroxyl groups is 1. The van der Waals surface area contributed by atoms with E-state index in [1.165, 1.54) is 38.8 Å². The minimum atomic E-state index is -0.0793. The van der Waals surface area contributed by atoms with E-state index in [0.717, 1.165) is 25.3 Å². The molecule has 0 saturated heterocycles. The zero-order valence-corrected chi connectivity index (χ0v) is 14.1. The maximum Gasteiger partial charge on any atom is 0.0613 e. The quantitative estimate of drug-likeness (QED) is 0.612. The Labute approximate surface area is 126 Å². The molecule has 0 spiro atoms. The van der Waals surface area contributed by atoms with E-state index in [-0.39, 0.29) is 12.1 Å². The van der Waals surface area contributed by atoms with Crippen LogP contribution in [0.1, 0.15) is 66.2 Å². The molecule has 0 aromatic rings. The molecule has 1 unspecified atom stereocenters. The van der Waals surface area contributed by atoms with Crippen LogP contribution < -0.4 is 5.32 Å². The lowest BCUT2D eigenvalue weighted by molar-refractivity contribution is 0.125. The highest BCUT2D eigenvalue weighted by molar-refractivity contribution is 4.88. The molecule has 120 valence electrons. The van der Waals surface area contributed by atoms with Crippen molar-refractivity contribution in [3.8, 4) is 0 Å². The van der Waals surface area contributed by atoms with Crippen molar-refractivity contribution in [3.63, 3.8) is 0 Å². The summed E-state index contributed by atoms with van der Waals surface area (Å²) in [4.78, 5) is 2.59. The summed E-state index contributed by atoms with van der Waals surface area (Å²) in [6.07, 6.45) is 7.54. The molecular weight excluding hydrogens is 248 g/mol. The van der Waals surface area contributed by atoms with Crippen LogP contribution in [0.15, 0.2) is 0 Å². The molecule has 0 aromatic heterocycles. The van der Waals surface area contributed by atoms with Crippen molar-refractivity contribution < 1.29 is 5.11 Å². The van der Waals surface area contributed by atoms with Crippen LogP contribution in [0, 0.1) is 5.92 Å². The van der Waals surface area contributed by atoms with Gasteiger partial charge in [0.15, 0.2) is 0 Å². The number of hydrogen-bond acceptors (Lipinski definition) is 3. The van der Waals surface area contributed by atoms with Crippen molar-refractivity contribution in [1.29, 1.82) is 0 Å². The largest absolute Gasteiger partial charge is 0.394 e. The first-order chi connectivity index (χ1) is 9.55. The smallest absolute Gasteiger partial charge is 0.0613 e. The van der Waals surface area contributed by atoms with E-state index in [4.69, 9.17) is 0 Å². The molecule has 0 bridgehead atoms. The predicted octanol–water partition coefficient (Wildman–Crippen LogP) is 3.03. The molecule has 1 aliphatic carbocycles. The van der Waals surface area contributed by atoms with E-state index in [0.29, 0.717) is 6.04 Å². The Balaban J connectivity index is 2.33. The maximum atomic E-state index is 9.76. The summed E-state index contributed by atoms with van der Waals surface area (Å²) in [6, 6.07) is 0.430. The van der Waals surface area contributed by atoms with Gasteiger partial charge >= 0.3 is 0 Å². The third-order valence-electron chi connectivity index (χ3n) is 4.89. The van der Waals surface area contributed by atoms with E-state index in [9.17, 15) is 5.11 Å². The summed E-state index contributed by atoms with van der Waals surface area (Å²) in [6.45, 7) is 12.6. The number of aliphatic hydroxyl groups excluding tert-OH is 1. The normalized spacial score (nSPS) is 19.4. The molecule has 2 N–H and O–H groups in total. The number of hydrogen-bond donors (Lipinski definition) is 2. The summed E-state index contributed by atoms with van der Waals surface area (Å²) in [5.41, 5.74) is -0.0793. The first-order valence-corrected chi connectivity index (χ1v) is 8.66. The Bertz CT molecular complexity index is 247. The topological polar surface area (TPSA) is 35.5 Å². The van der Waals surface area contributed by atoms with Gasteiger partial charge < -0.3 is 15.3 Å². The van der Waals surface area contributed by atoms with E-state index in [1.54, 1.807) is 0 Å². The van der Waals surface area contributed by atoms with Gasteiger partial charge in [-0.05, 0) is 51.1 Å². The van der Waals surface area contributed by atoms with Crippen LogP contribution in [0.5, 0.6) is 0 Å². The molecule has 0 amide bonds. The molecule has 1 aliphatic rings. The maximum absolute atomic E-state index is 9.76. The van der Waals surface area contributed by atoms with Gasteiger partial charge in [-0.1, -0.05) is 34.1 Å². The zero-order valence-electron chi connectivity index (χ0n) is 14.1. The highest BCUT2D eigenvalue weighted by Crippen LogP contribution is 2.27. The van der Waals surface area contributed by atoms with Crippen LogP contribution in [0.4, 0.5) is 0 Å². The fourth-order valence-electron chi connectivity index (χ4n) is 3.26. The Morgan fingerprint density at radius 2 is 2.00 bits per heavy atom. The molecule has 0 aliphatic heterocycles. The highest BCUT2D eigenvalue weighted by Gasteiger charge is 2.27. The monoisotopic (exact) mass is 284 g/mol. The summed E-state index contributed by atoms with van der Waals surface area (Å²) in [5, 5.41) is 13.3. The van der Waals surface area contributed by atoms with Crippen LogP contribution in [-0.4, -0.2) is 47.8 Å². The van der Waals surface area contributed by atoms with Gasteiger partial charge in [-0.25, -0.2) is 0 Å². The Morgan fingerprint density at radius 3 is 2.40 bits per heavy atom. The SMILES string of the molecule is CCN(CCCC(CC)(CO)NC(C)C)CC1CCC1. The van der Waals surface area contributed by atoms with E-state index >= 15 is 0 Å². The molecule has 1 fully saturated rings. The molecule has 1 rings (SSSR count). The molecule has 3 heteroatoms. The van der Waals surface area contributed by atoms with Gasteiger partial charge in [-0.3, -0.25) is 0 Å². The van der Waals surface area contributed by atoms with Gasteiger partial charge in [-0.15, -0.1) is 0 Å². The highest BCUT2D eigenvalue weighted by atomic mass is 16.3. The second-order valence-electron chi connectivity index (χ2n) is 6.88. The molecule has 0 aromatic carbocycles.